The Morgan fingerprint density at radius 1 is 1.50 bits per heavy atom. The van der Waals surface area contributed by atoms with E-state index in [2.05, 4.69) is 19.0 Å². The van der Waals surface area contributed by atoms with E-state index in [1.807, 2.05) is 11.8 Å². The fraction of sp³-hybridized carbons (Fsp3) is 0.846. The number of amidine groups is 1. The van der Waals surface area contributed by atoms with Crippen LogP contribution in [0.4, 0.5) is 0 Å². The van der Waals surface area contributed by atoms with Crippen molar-refractivity contribution in [2.45, 2.75) is 52.5 Å². The van der Waals surface area contributed by atoms with Gasteiger partial charge in [-0.25, -0.2) is 0 Å². The van der Waals surface area contributed by atoms with Gasteiger partial charge in [-0.2, -0.15) is 0 Å². The zero-order valence-electron chi connectivity index (χ0n) is 11.6. The van der Waals surface area contributed by atoms with E-state index in [9.17, 15) is 4.79 Å². The molecule has 1 aliphatic rings. The number of likely N-dealkylation sites (tertiary alicyclic amines) is 1. The number of carbonyl (C=O) groups excluding carboxylic acids is 1. The maximum Gasteiger partial charge on any atom is 0.233 e. The van der Waals surface area contributed by atoms with Gasteiger partial charge in [0, 0.05) is 12.6 Å². The molecule has 104 valence electrons. The van der Waals surface area contributed by atoms with Crippen LogP contribution in [-0.4, -0.2) is 34.4 Å². The van der Waals surface area contributed by atoms with E-state index in [-0.39, 0.29) is 17.8 Å². The molecule has 3 N–H and O–H groups in total. The Morgan fingerprint density at radius 3 is 2.67 bits per heavy atom. The molecule has 0 bridgehead atoms. The summed E-state index contributed by atoms with van der Waals surface area (Å²) >= 11 is 0. The third-order valence-electron chi connectivity index (χ3n) is 4.02. The highest BCUT2D eigenvalue weighted by molar-refractivity contribution is 6.02. The van der Waals surface area contributed by atoms with Gasteiger partial charge in [0.2, 0.25) is 5.91 Å². The average Bonchev–Trinajstić information content (AvgIpc) is 2.39. The summed E-state index contributed by atoms with van der Waals surface area (Å²) in [5.41, 5.74) is 5.60. The highest BCUT2D eigenvalue weighted by Crippen LogP contribution is 2.26. The number of carbonyl (C=O) groups is 1. The lowest BCUT2D eigenvalue weighted by Crippen LogP contribution is -2.50. The van der Waals surface area contributed by atoms with E-state index in [0.717, 1.165) is 19.4 Å². The predicted molar refractivity (Wildman–Crippen MR) is 71.4 cm³/mol. The van der Waals surface area contributed by atoms with Crippen LogP contribution in [0.3, 0.4) is 0 Å². The van der Waals surface area contributed by atoms with Crippen LogP contribution in [0, 0.1) is 11.8 Å². The largest absolute Gasteiger partial charge is 0.409 e. The summed E-state index contributed by atoms with van der Waals surface area (Å²) in [5, 5.41) is 11.7. The lowest BCUT2D eigenvalue weighted by atomic mass is 9.90. The standard InChI is InChI=1S/C13H25N3O2/c1-4-10-7-6-9(3)16(8-10)13(17)11(5-2)12(14)15-18/h9-11,18H,4-8H2,1-3H3,(H2,14,15). The van der Waals surface area contributed by atoms with Gasteiger partial charge in [-0.3, -0.25) is 4.79 Å². The van der Waals surface area contributed by atoms with Crippen LogP contribution in [0.15, 0.2) is 5.16 Å². The highest BCUT2D eigenvalue weighted by Gasteiger charge is 2.33. The molecule has 1 saturated heterocycles. The molecule has 0 aromatic rings. The Bertz CT molecular complexity index is 317. The zero-order chi connectivity index (χ0) is 13.7. The van der Waals surface area contributed by atoms with Gasteiger partial charge < -0.3 is 15.8 Å². The van der Waals surface area contributed by atoms with Crippen molar-refractivity contribution in [1.82, 2.24) is 4.90 Å². The molecule has 1 heterocycles. The van der Waals surface area contributed by atoms with E-state index in [0.29, 0.717) is 12.3 Å². The monoisotopic (exact) mass is 255 g/mol. The summed E-state index contributed by atoms with van der Waals surface area (Å²) in [6.07, 6.45) is 3.88. The third kappa shape index (κ3) is 3.15. The molecule has 3 atom stereocenters. The number of hydrogen-bond donors (Lipinski definition) is 2. The van der Waals surface area contributed by atoms with Gasteiger partial charge in [-0.1, -0.05) is 25.4 Å². The second kappa shape index (κ2) is 6.61. The number of rotatable bonds is 4. The molecule has 5 heteroatoms. The van der Waals surface area contributed by atoms with Crippen LogP contribution in [0.5, 0.6) is 0 Å². The van der Waals surface area contributed by atoms with Crippen molar-refractivity contribution in [1.29, 1.82) is 0 Å². The molecule has 0 aliphatic carbocycles. The smallest absolute Gasteiger partial charge is 0.233 e. The van der Waals surface area contributed by atoms with Crippen LogP contribution in [-0.2, 0) is 4.79 Å². The van der Waals surface area contributed by atoms with E-state index in [1.165, 1.54) is 6.42 Å². The minimum absolute atomic E-state index is 0.00144. The number of piperidine rings is 1. The van der Waals surface area contributed by atoms with Gasteiger partial charge >= 0.3 is 0 Å². The topological polar surface area (TPSA) is 78.9 Å². The van der Waals surface area contributed by atoms with Crippen molar-refractivity contribution in [2.75, 3.05) is 6.54 Å². The summed E-state index contributed by atoms with van der Waals surface area (Å²) in [7, 11) is 0. The molecule has 3 unspecified atom stereocenters. The van der Waals surface area contributed by atoms with Gasteiger partial charge in [0.1, 0.15) is 0 Å². The average molecular weight is 255 g/mol. The molecule has 18 heavy (non-hydrogen) atoms. The van der Waals surface area contributed by atoms with Crippen LogP contribution < -0.4 is 5.73 Å². The Morgan fingerprint density at radius 2 is 2.17 bits per heavy atom. The molecular formula is C13H25N3O2. The fourth-order valence-electron chi connectivity index (χ4n) is 2.60. The van der Waals surface area contributed by atoms with Gasteiger partial charge in [-0.15, -0.1) is 0 Å². The molecule has 0 aromatic heterocycles. The van der Waals surface area contributed by atoms with Crippen molar-refractivity contribution in [3.63, 3.8) is 0 Å². The summed E-state index contributed by atoms with van der Waals surface area (Å²) in [5.74, 6) is 0.106. The first-order chi connectivity index (χ1) is 8.54. The molecule has 1 rings (SSSR count). The summed E-state index contributed by atoms with van der Waals surface area (Å²) in [6, 6.07) is 0.251. The number of nitrogens with zero attached hydrogens (tertiary/aromatic N) is 2. The first-order valence-corrected chi connectivity index (χ1v) is 6.82. The second-order valence-corrected chi connectivity index (χ2v) is 5.18. The number of amides is 1. The van der Waals surface area contributed by atoms with Gasteiger partial charge in [0.25, 0.3) is 0 Å². The van der Waals surface area contributed by atoms with Crippen molar-refractivity contribution in [3.05, 3.63) is 0 Å². The van der Waals surface area contributed by atoms with Crippen LogP contribution in [0.1, 0.15) is 46.5 Å². The van der Waals surface area contributed by atoms with Crippen LogP contribution in [0.2, 0.25) is 0 Å². The number of nitrogens with two attached hydrogens (primary N) is 1. The van der Waals surface area contributed by atoms with Gasteiger partial charge in [0.15, 0.2) is 5.84 Å². The van der Waals surface area contributed by atoms with Crippen molar-refractivity contribution in [2.24, 2.45) is 22.7 Å². The maximum atomic E-state index is 12.5. The van der Waals surface area contributed by atoms with Gasteiger partial charge in [-0.05, 0) is 32.1 Å². The predicted octanol–water partition coefficient (Wildman–Crippen LogP) is 1.80. The number of hydrogen-bond acceptors (Lipinski definition) is 3. The molecule has 1 fully saturated rings. The normalized spacial score (nSPS) is 27.1. The van der Waals surface area contributed by atoms with E-state index < -0.39 is 5.92 Å². The van der Waals surface area contributed by atoms with Crippen molar-refractivity contribution >= 4 is 11.7 Å². The maximum absolute atomic E-state index is 12.5. The Balaban J connectivity index is 2.79. The molecule has 0 aromatic carbocycles. The summed E-state index contributed by atoms with van der Waals surface area (Å²) < 4.78 is 0. The molecule has 1 aliphatic heterocycles. The summed E-state index contributed by atoms with van der Waals surface area (Å²) in [6.45, 7) is 6.91. The van der Waals surface area contributed by atoms with Crippen molar-refractivity contribution in [3.8, 4) is 0 Å². The molecule has 0 saturated carbocycles. The van der Waals surface area contributed by atoms with Crippen LogP contribution >= 0.6 is 0 Å². The minimum Gasteiger partial charge on any atom is -0.409 e. The summed E-state index contributed by atoms with van der Waals surface area (Å²) in [4.78, 5) is 14.4. The molecule has 0 radical (unpaired) electrons. The third-order valence-corrected chi connectivity index (χ3v) is 4.02. The molecular weight excluding hydrogens is 230 g/mol. The van der Waals surface area contributed by atoms with Crippen LogP contribution in [0.25, 0.3) is 0 Å². The molecule has 0 spiro atoms. The highest BCUT2D eigenvalue weighted by atomic mass is 16.4. The lowest BCUT2D eigenvalue weighted by Gasteiger charge is -2.39. The Kier molecular flexibility index (Phi) is 5.44. The first-order valence-electron chi connectivity index (χ1n) is 6.82. The molecule has 5 nitrogen and oxygen atoms in total. The minimum atomic E-state index is -0.493. The van der Waals surface area contributed by atoms with E-state index in [4.69, 9.17) is 10.9 Å². The van der Waals surface area contributed by atoms with E-state index >= 15 is 0 Å². The fourth-order valence-corrected chi connectivity index (χ4v) is 2.60. The second-order valence-electron chi connectivity index (χ2n) is 5.18. The molecule has 1 amide bonds. The van der Waals surface area contributed by atoms with E-state index in [1.54, 1.807) is 0 Å². The SMILES string of the molecule is CCC1CCC(C)N(C(=O)C(CC)C(N)=NO)C1. The quantitative estimate of drug-likeness (QED) is 0.348. The van der Waals surface area contributed by atoms with Gasteiger partial charge in [0.05, 0.1) is 5.92 Å². The Labute approximate surface area is 109 Å². The first kappa shape index (κ1) is 14.8. The lowest BCUT2D eigenvalue weighted by molar-refractivity contribution is -0.138. The zero-order valence-corrected chi connectivity index (χ0v) is 11.6. The Hall–Kier alpha value is -1.26. The number of oxime groups is 1. The van der Waals surface area contributed by atoms with Crippen molar-refractivity contribution < 1.29 is 10.0 Å².